The van der Waals surface area contributed by atoms with Gasteiger partial charge in [0.1, 0.15) is 0 Å². The Kier molecular flexibility index (Phi) is 7.02. The Morgan fingerprint density at radius 1 is 1.07 bits per heavy atom. The van der Waals surface area contributed by atoms with Crippen molar-refractivity contribution in [1.29, 1.82) is 0 Å². The van der Waals surface area contributed by atoms with Crippen LogP contribution in [0.3, 0.4) is 0 Å². The molecular weight excluding hydrogens is 338 g/mol. The van der Waals surface area contributed by atoms with Gasteiger partial charge in [-0.2, -0.15) is 0 Å². The van der Waals surface area contributed by atoms with Gasteiger partial charge < -0.3 is 9.47 Å². The molecule has 1 fully saturated rings. The number of esters is 1. The first kappa shape index (κ1) is 19.6. The van der Waals surface area contributed by atoms with Crippen LogP contribution in [0.4, 0.5) is 0 Å². The van der Waals surface area contributed by atoms with Gasteiger partial charge in [0.05, 0.1) is 25.2 Å². The van der Waals surface area contributed by atoms with E-state index in [0.29, 0.717) is 13.0 Å². The largest absolute Gasteiger partial charge is 0.466 e. The number of hydrogen-bond acceptors (Lipinski definition) is 4. The van der Waals surface area contributed by atoms with Crippen molar-refractivity contribution >= 4 is 5.97 Å². The quantitative estimate of drug-likeness (QED) is 0.692. The van der Waals surface area contributed by atoms with Crippen molar-refractivity contribution in [2.24, 2.45) is 5.92 Å². The molecule has 0 spiro atoms. The zero-order valence-electron chi connectivity index (χ0n) is 16.2. The Hall–Kier alpha value is -2.17. The molecule has 1 heterocycles. The Labute approximate surface area is 162 Å². The fraction of sp³-hybridized carbons (Fsp3) is 0.435. The van der Waals surface area contributed by atoms with Crippen molar-refractivity contribution in [2.75, 3.05) is 26.8 Å². The van der Waals surface area contributed by atoms with Crippen LogP contribution in [0.15, 0.2) is 60.7 Å². The summed E-state index contributed by atoms with van der Waals surface area (Å²) in [6.45, 7) is 4.01. The lowest BCUT2D eigenvalue weighted by atomic mass is 9.87. The molecule has 27 heavy (non-hydrogen) atoms. The summed E-state index contributed by atoms with van der Waals surface area (Å²) in [5, 5.41) is 0. The Morgan fingerprint density at radius 2 is 1.67 bits per heavy atom. The van der Waals surface area contributed by atoms with Crippen LogP contribution in [0.25, 0.3) is 0 Å². The molecule has 144 valence electrons. The summed E-state index contributed by atoms with van der Waals surface area (Å²) in [5.74, 6) is 0.0816. The minimum absolute atomic E-state index is 0.0260. The molecule has 0 N–H and O–H groups in total. The fourth-order valence-electron chi connectivity index (χ4n) is 4.04. The van der Waals surface area contributed by atoms with Gasteiger partial charge in [-0.3, -0.25) is 9.69 Å². The van der Waals surface area contributed by atoms with E-state index in [1.165, 1.54) is 11.1 Å². The molecule has 1 aliphatic heterocycles. The van der Waals surface area contributed by atoms with Crippen LogP contribution in [-0.2, 0) is 14.3 Å². The normalized spacial score (nSPS) is 20.6. The summed E-state index contributed by atoms with van der Waals surface area (Å²) in [7, 11) is 1.74. The molecule has 2 aromatic rings. The molecule has 4 nitrogen and oxygen atoms in total. The molecular formula is C23H29NO3. The Morgan fingerprint density at radius 3 is 2.19 bits per heavy atom. The van der Waals surface area contributed by atoms with Crippen molar-refractivity contribution < 1.29 is 14.3 Å². The summed E-state index contributed by atoms with van der Waals surface area (Å²) >= 11 is 0. The summed E-state index contributed by atoms with van der Waals surface area (Å²) in [5.41, 5.74) is 2.56. The van der Waals surface area contributed by atoms with E-state index in [1.54, 1.807) is 7.11 Å². The molecule has 0 amide bonds. The molecule has 0 aromatic heterocycles. The second-order valence-corrected chi connectivity index (χ2v) is 7.05. The van der Waals surface area contributed by atoms with E-state index < -0.39 is 0 Å². The molecule has 2 atom stereocenters. The molecule has 0 radical (unpaired) electrons. The van der Waals surface area contributed by atoms with Gasteiger partial charge in [0.25, 0.3) is 0 Å². The molecule has 1 saturated heterocycles. The van der Waals surface area contributed by atoms with E-state index in [9.17, 15) is 4.79 Å². The van der Waals surface area contributed by atoms with Crippen molar-refractivity contribution in [3.63, 3.8) is 0 Å². The van der Waals surface area contributed by atoms with Crippen LogP contribution >= 0.6 is 0 Å². The van der Waals surface area contributed by atoms with E-state index in [-0.39, 0.29) is 24.0 Å². The third kappa shape index (κ3) is 4.96. The average Bonchev–Trinajstić information content (AvgIpc) is 2.71. The fourth-order valence-corrected chi connectivity index (χ4v) is 4.04. The summed E-state index contributed by atoms with van der Waals surface area (Å²) in [6, 6.07) is 21.4. The number of hydrogen-bond donors (Lipinski definition) is 0. The SMILES string of the molecule is CCOC(=O)C[C@H]1CCN(C(c2ccccc2)c2ccccc2)C[C@@H]1OC. The van der Waals surface area contributed by atoms with E-state index in [1.807, 2.05) is 6.92 Å². The highest BCUT2D eigenvalue weighted by atomic mass is 16.5. The molecule has 0 bridgehead atoms. The molecule has 3 rings (SSSR count). The molecule has 4 heteroatoms. The first-order chi connectivity index (χ1) is 13.2. The maximum atomic E-state index is 11.9. The number of benzene rings is 2. The number of nitrogens with zero attached hydrogens (tertiary/aromatic N) is 1. The molecule has 2 aromatic carbocycles. The van der Waals surface area contributed by atoms with Gasteiger partial charge in [-0.1, -0.05) is 60.7 Å². The van der Waals surface area contributed by atoms with Gasteiger partial charge in [-0.15, -0.1) is 0 Å². The highest BCUT2D eigenvalue weighted by Gasteiger charge is 2.35. The summed E-state index contributed by atoms with van der Waals surface area (Å²) < 4.78 is 10.9. The maximum Gasteiger partial charge on any atom is 0.306 e. The van der Waals surface area contributed by atoms with Gasteiger partial charge >= 0.3 is 5.97 Å². The standard InChI is InChI=1S/C23H29NO3/c1-3-27-22(25)16-20-14-15-24(17-21(20)26-2)23(18-10-6-4-7-11-18)19-12-8-5-9-13-19/h4-13,20-21,23H,3,14-17H2,1-2H3/t20-,21+/m1/s1. The van der Waals surface area contributed by atoms with E-state index in [0.717, 1.165) is 19.5 Å². The van der Waals surface area contributed by atoms with E-state index in [2.05, 4.69) is 65.6 Å². The maximum absolute atomic E-state index is 11.9. The minimum atomic E-state index is -0.124. The molecule has 0 saturated carbocycles. The predicted molar refractivity (Wildman–Crippen MR) is 106 cm³/mol. The van der Waals surface area contributed by atoms with Gasteiger partial charge in [0.2, 0.25) is 0 Å². The highest BCUT2D eigenvalue weighted by molar-refractivity contribution is 5.69. The van der Waals surface area contributed by atoms with E-state index >= 15 is 0 Å². The number of methoxy groups -OCH3 is 1. The minimum Gasteiger partial charge on any atom is -0.466 e. The van der Waals surface area contributed by atoms with Crippen LogP contribution in [0.1, 0.15) is 36.9 Å². The highest BCUT2D eigenvalue weighted by Crippen LogP contribution is 2.34. The van der Waals surface area contributed by atoms with Crippen molar-refractivity contribution in [2.45, 2.75) is 31.9 Å². The van der Waals surface area contributed by atoms with Gasteiger partial charge in [0, 0.05) is 13.7 Å². The lowest BCUT2D eigenvalue weighted by Gasteiger charge is -2.42. The van der Waals surface area contributed by atoms with Crippen molar-refractivity contribution in [1.82, 2.24) is 4.90 Å². The van der Waals surface area contributed by atoms with Crippen LogP contribution in [0.5, 0.6) is 0 Å². The number of ether oxygens (including phenoxy) is 2. The average molecular weight is 367 g/mol. The van der Waals surface area contributed by atoms with Crippen LogP contribution < -0.4 is 0 Å². The van der Waals surface area contributed by atoms with E-state index in [4.69, 9.17) is 9.47 Å². The second-order valence-electron chi connectivity index (χ2n) is 7.05. The topological polar surface area (TPSA) is 38.8 Å². The number of carbonyl (C=O) groups excluding carboxylic acids is 1. The molecule has 1 aliphatic rings. The number of rotatable bonds is 7. The summed E-state index contributed by atoms with van der Waals surface area (Å²) in [4.78, 5) is 14.4. The third-order valence-electron chi connectivity index (χ3n) is 5.36. The summed E-state index contributed by atoms with van der Waals surface area (Å²) in [6.07, 6.45) is 1.38. The van der Waals surface area contributed by atoms with Gasteiger partial charge in [0.15, 0.2) is 0 Å². The number of likely N-dealkylation sites (tertiary alicyclic amines) is 1. The zero-order valence-corrected chi connectivity index (χ0v) is 16.2. The Bertz CT molecular complexity index is 665. The van der Waals surface area contributed by atoms with Crippen LogP contribution in [-0.4, -0.2) is 43.8 Å². The van der Waals surface area contributed by atoms with Gasteiger partial charge in [-0.25, -0.2) is 0 Å². The Balaban J connectivity index is 1.79. The first-order valence-corrected chi connectivity index (χ1v) is 9.75. The monoisotopic (exact) mass is 367 g/mol. The zero-order chi connectivity index (χ0) is 19.1. The van der Waals surface area contributed by atoms with Crippen molar-refractivity contribution in [3.8, 4) is 0 Å². The smallest absolute Gasteiger partial charge is 0.306 e. The lowest BCUT2D eigenvalue weighted by Crippen LogP contribution is -2.47. The predicted octanol–water partition coefficient (Wildman–Crippen LogP) is 4.07. The van der Waals surface area contributed by atoms with Crippen LogP contribution in [0, 0.1) is 5.92 Å². The molecule has 0 aliphatic carbocycles. The number of piperidine rings is 1. The second kappa shape index (κ2) is 9.67. The van der Waals surface area contributed by atoms with Crippen LogP contribution in [0.2, 0.25) is 0 Å². The van der Waals surface area contributed by atoms with Crippen molar-refractivity contribution in [3.05, 3.63) is 71.8 Å². The molecule has 0 unspecified atom stereocenters. The third-order valence-corrected chi connectivity index (χ3v) is 5.36. The lowest BCUT2D eigenvalue weighted by molar-refractivity contribution is -0.146. The first-order valence-electron chi connectivity index (χ1n) is 9.75. The van der Waals surface area contributed by atoms with Gasteiger partial charge in [-0.05, 0) is 36.9 Å². The number of carbonyl (C=O) groups is 1.